The van der Waals surface area contributed by atoms with E-state index in [1.165, 1.54) is 4.90 Å². The molecule has 1 N–H and O–H groups in total. The molecule has 0 saturated carbocycles. The molecular formula is C28H27NO4. The van der Waals surface area contributed by atoms with Crippen molar-refractivity contribution in [2.45, 2.75) is 33.7 Å². The number of benzene rings is 3. The Kier molecular flexibility index (Phi) is 6.05. The average Bonchev–Trinajstić information content (AvgIpc) is 3.06. The summed E-state index contributed by atoms with van der Waals surface area (Å²) in [6.45, 7) is 8.23. The quantitative estimate of drug-likeness (QED) is 0.316. The lowest BCUT2D eigenvalue weighted by Gasteiger charge is -2.26. The van der Waals surface area contributed by atoms with Crippen molar-refractivity contribution >= 4 is 23.1 Å². The van der Waals surface area contributed by atoms with Gasteiger partial charge >= 0.3 is 0 Å². The number of anilines is 1. The van der Waals surface area contributed by atoms with Crippen LogP contribution in [-0.4, -0.2) is 23.4 Å². The zero-order valence-electron chi connectivity index (χ0n) is 19.3. The monoisotopic (exact) mass is 441 g/mol. The maximum absolute atomic E-state index is 13.3. The van der Waals surface area contributed by atoms with Crippen molar-refractivity contribution in [2.24, 2.45) is 0 Å². The highest BCUT2D eigenvalue weighted by molar-refractivity contribution is 6.51. The Bertz CT molecular complexity index is 1260. The lowest BCUT2D eigenvalue weighted by Crippen LogP contribution is -2.29. The lowest BCUT2D eigenvalue weighted by molar-refractivity contribution is -0.132. The van der Waals surface area contributed by atoms with Crippen molar-refractivity contribution in [3.05, 3.63) is 100 Å². The minimum atomic E-state index is -0.737. The average molecular weight is 442 g/mol. The minimum absolute atomic E-state index is 0.0785. The Morgan fingerprint density at radius 3 is 2.30 bits per heavy atom. The zero-order valence-corrected chi connectivity index (χ0v) is 19.3. The number of hydrogen-bond acceptors (Lipinski definition) is 4. The molecule has 1 saturated heterocycles. The number of amides is 1. The van der Waals surface area contributed by atoms with Crippen LogP contribution in [-0.2, 0) is 9.59 Å². The number of aryl methyl sites for hydroxylation is 3. The first-order chi connectivity index (χ1) is 15.8. The summed E-state index contributed by atoms with van der Waals surface area (Å²) in [6, 6.07) is 19.6. The van der Waals surface area contributed by atoms with Gasteiger partial charge in [-0.2, -0.15) is 0 Å². The predicted octanol–water partition coefficient (Wildman–Crippen LogP) is 5.64. The smallest absolute Gasteiger partial charge is 0.300 e. The lowest BCUT2D eigenvalue weighted by atomic mass is 9.93. The first-order valence-electron chi connectivity index (χ1n) is 11.0. The number of nitrogens with zero attached hydrogens (tertiary/aromatic N) is 1. The molecule has 0 aliphatic carbocycles. The molecule has 0 spiro atoms. The molecule has 1 unspecified atom stereocenters. The highest BCUT2D eigenvalue weighted by Crippen LogP contribution is 2.42. The molecule has 0 radical (unpaired) electrons. The van der Waals surface area contributed by atoms with E-state index in [-0.39, 0.29) is 11.3 Å². The number of ketones is 1. The third-order valence-corrected chi connectivity index (χ3v) is 5.86. The second-order valence-corrected chi connectivity index (χ2v) is 8.33. The molecule has 168 valence electrons. The Labute approximate surface area is 193 Å². The number of rotatable bonds is 5. The molecule has 33 heavy (non-hydrogen) atoms. The van der Waals surface area contributed by atoms with Gasteiger partial charge in [0.2, 0.25) is 0 Å². The van der Waals surface area contributed by atoms with Gasteiger partial charge in [0.1, 0.15) is 11.5 Å². The zero-order chi connectivity index (χ0) is 23.7. The summed E-state index contributed by atoms with van der Waals surface area (Å²) in [5.41, 5.74) is 4.80. The highest BCUT2D eigenvalue weighted by atomic mass is 16.5. The minimum Gasteiger partial charge on any atom is -0.507 e. The van der Waals surface area contributed by atoms with Crippen molar-refractivity contribution in [2.75, 3.05) is 11.5 Å². The first kappa shape index (κ1) is 22.3. The van der Waals surface area contributed by atoms with Gasteiger partial charge in [0.05, 0.1) is 18.2 Å². The number of Topliss-reactive ketones (excluding diaryl/α,β-unsaturated/α-hetero) is 1. The summed E-state index contributed by atoms with van der Waals surface area (Å²) < 4.78 is 5.60. The second-order valence-electron chi connectivity index (χ2n) is 8.33. The fourth-order valence-electron chi connectivity index (χ4n) is 4.23. The molecule has 5 heteroatoms. The van der Waals surface area contributed by atoms with E-state index in [0.717, 1.165) is 22.3 Å². The van der Waals surface area contributed by atoms with E-state index in [9.17, 15) is 14.7 Å². The van der Waals surface area contributed by atoms with Gasteiger partial charge in [0.25, 0.3) is 11.7 Å². The molecule has 1 aliphatic rings. The van der Waals surface area contributed by atoms with Crippen LogP contribution < -0.4 is 9.64 Å². The van der Waals surface area contributed by atoms with Crippen molar-refractivity contribution in [3.8, 4) is 5.75 Å². The summed E-state index contributed by atoms with van der Waals surface area (Å²) in [7, 11) is 0. The van der Waals surface area contributed by atoms with E-state index in [2.05, 4.69) is 0 Å². The fourth-order valence-corrected chi connectivity index (χ4v) is 4.23. The molecule has 3 aromatic carbocycles. The van der Waals surface area contributed by atoms with Gasteiger partial charge in [-0.3, -0.25) is 14.5 Å². The van der Waals surface area contributed by atoms with E-state index in [1.54, 1.807) is 18.2 Å². The van der Waals surface area contributed by atoms with Crippen LogP contribution in [0.4, 0.5) is 5.69 Å². The molecule has 1 heterocycles. The van der Waals surface area contributed by atoms with Gasteiger partial charge in [-0.05, 0) is 69.2 Å². The molecule has 0 aromatic heterocycles. The van der Waals surface area contributed by atoms with E-state index in [0.29, 0.717) is 23.6 Å². The third-order valence-electron chi connectivity index (χ3n) is 5.86. The summed E-state index contributed by atoms with van der Waals surface area (Å²) in [4.78, 5) is 28.0. The summed E-state index contributed by atoms with van der Waals surface area (Å²) in [6.07, 6.45) is 0. The molecule has 0 bridgehead atoms. The molecule has 4 rings (SSSR count). The molecule has 3 aromatic rings. The van der Waals surface area contributed by atoms with Crippen LogP contribution in [0.1, 0.15) is 40.8 Å². The van der Waals surface area contributed by atoms with Crippen LogP contribution in [0.25, 0.3) is 5.76 Å². The predicted molar refractivity (Wildman–Crippen MR) is 129 cm³/mol. The first-order valence-corrected chi connectivity index (χ1v) is 11.0. The molecule has 5 nitrogen and oxygen atoms in total. The van der Waals surface area contributed by atoms with Gasteiger partial charge < -0.3 is 9.84 Å². The maximum Gasteiger partial charge on any atom is 0.300 e. The number of aliphatic hydroxyl groups excluding tert-OH is 1. The SMILES string of the molecule is CCOc1ccc(/C(O)=C2/C(=O)C(=O)N(c3ccc(C)cc3)C2c2cccc(C)c2)cc1C. The van der Waals surface area contributed by atoms with E-state index >= 15 is 0 Å². The molecule has 1 aliphatic heterocycles. The fraction of sp³-hybridized carbons (Fsp3) is 0.214. The summed E-state index contributed by atoms with van der Waals surface area (Å²) in [5.74, 6) is -0.842. The van der Waals surface area contributed by atoms with E-state index in [1.807, 2.05) is 76.2 Å². The molecular weight excluding hydrogens is 414 g/mol. The number of ether oxygens (including phenoxy) is 1. The second kappa shape index (κ2) is 8.94. The molecule has 1 fully saturated rings. The standard InChI is InChI=1S/C28H27NO4/c1-5-33-23-14-11-21(16-19(23)4)26(30)24-25(20-8-6-7-18(3)15-20)29(28(32)27(24)31)22-12-9-17(2)10-13-22/h6-16,25,30H,5H2,1-4H3/b26-24-. The van der Waals surface area contributed by atoms with Crippen molar-refractivity contribution in [1.82, 2.24) is 0 Å². The highest BCUT2D eigenvalue weighted by Gasteiger charge is 2.47. The van der Waals surface area contributed by atoms with Gasteiger partial charge in [-0.1, -0.05) is 47.5 Å². The van der Waals surface area contributed by atoms with Gasteiger partial charge in [-0.25, -0.2) is 0 Å². The van der Waals surface area contributed by atoms with Gasteiger partial charge in [-0.15, -0.1) is 0 Å². The Balaban J connectivity index is 1.91. The van der Waals surface area contributed by atoms with Crippen molar-refractivity contribution in [1.29, 1.82) is 0 Å². The summed E-state index contributed by atoms with van der Waals surface area (Å²) in [5, 5.41) is 11.3. The van der Waals surface area contributed by atoms with Gasteiger partial charge in [0, 0.05) is 11.3 Å². The summed E-state index contributed by atoms with van der Waals surface area (Å²) >= 11 is 0. The number of carbonyl (C=O) groups excluding carboxylic acids is 2. The molecule has 1 amide bonds. The topological polar surface area (TPSA) is 66.8 Å². The Morgan fingerprint density at radius 1 is 0.939 bits per heavy atom. The van der Waals surface area contributed by atoms with Crippen LogP contribution in [0.15, 0.2) is 72.3 Å². The van der Waals surface area contributed by atoms with E-state index < -0.39 is 17.7 Å². The van der Waals surface area contributed by atoms with Crippen LogP contribution in [0.2, 0.25) is 0 Å². The maximum atomic E-state index is 13.3. The largest absolute Gasteiger partial charge is 0.507 e. The van der Waals surface area contributed by atoms with Crippen LogP contribution in [0.5, 0.6) is 5.75 Å². The van der Waals surface area contributed by atoms with E-state index in [4.69, 9.17) is 4.74 Å². The Morgan fingerprint density at radius 2 is 1.67 bits per heavy atom. The van der Waals surface area contributed by atoms with Gasteiger partial charge in [0.15, 0.2) is 0 Å². The normalized spacial score (nSPS) is 17.5. The Hall–Kier alpha value is -3.86. The van der Waals surface area contributed by atoms with Crippen LogP contribution >= 0.6 is 0 Å². The van der Waals surface area contributed by atoms with Crippen molar-refractivity contribution in [3.63, 3.8) is 0 Å². The van der Waals surface area contributed by atoms with Crippen LogP contribution in [0.3, 0.4) is 0 Å². The van der Waals surface area contributed by atoms with Crippen LogP contribution in [0, 0.1) is 20.8 Å². The number of hydrogen-bond donors (Lipinski definition) is 1. The van der Waals surface area contributed by atoms with Crippen molar-refractivity contribution < 1.29 is 19.4 Å². The number of aliphatic hydroxyl groups is 1. The third kappa shape index (κ3) is 4.14. The molecule has 1 atom stereocenters. The number of carbonyl (C=O) groups is 2.